The Labute approximate surface area is 912 Å². The Morgan fingerprint density at radius 2 is 0.361 bits per heavy atom. The van der Waals surface area contributed by atoms with Gasteiger partial charge in [-0.05, 0) is 162 Å². The standard InChI is InChI=1S/C134H212O2S6Si2/c1-17-21-25-29-33-37-41-45-49-53-57-61-65-69-73-77-81-111-85-93-115(94-86-111)133(135,116-95-87-112(88-96-116)82-78-74-70-66-62-58-54-50-46-42-38-34-30-26-22-18-2)127-129(123-101-119-121(137-123)103-125(139-119)143(105(5)6,106(7)8)107(9)10)141-132-128(130(142-131(127)132)124-102-120-122(138-124)104-126(140-120)144(108(11)12,109(13)14)110(15)16)134(136,117-97-89-113(90-98-117)83-79-75-71-67-63-59-55-51-47-43-39-35-31-27-23-19-3)118-99-91-114(92-100-118)84-80-76-72-68-64-60-56-52-48-44-40-36-32-28-24-20-4/h85-110,135-136H,17-84H2,1-16H3. The van der Waals surface area contributed by atoms with E-state index in [1.165, 1.54) is 462 Å². The van der Waals surface area contributed by atoms with E-state index >= 15 is 10.2 Å². The van der Waals surface area contributed by atoms with Crippen LogP contribution in [-0.2, 0) is 36.9 Å². The number of rotatable bonds is 84. The summed E-state index contributed by atoms with van der Waals surface area (Å²) in [4.78, 5) is 4.66. The number of thiophene rings is 6. The van der Waals surface area contributed by atoms with Crippen LogP contribution in [0.5, 0.6) is 0 Å². The quantitative estimate of drug-likeness (QED) is 0.0295. The second-order valence-corrected chi connectivity index (χ2v) is 66.2. The van der Waals surface area contributed by atoms with E-state index in [0.717, 1.165) is 78.2 Å². The number of unbranched alkanes of at least 4 members (excludes halogenated alkanes) is 60. The molecule has 6 heterocycles. The molecule has 0 radical (unpaired) electrons. The Bertz CT molecular complexity index is 4410. The van der Waals surface area contributed by atoms with E-state index in [1.54, 1.807) is 9.00 Å². The van der Waals surface area contributed by atoms with Gasteiger partial charge < -0.3 is 10.2 Å². The topological polar surface area (TPSA) is 40.5 Å². The molecule has 0 bridgehead atoms. The van der Waals surface area contributed by atoms with Crippen molar-refractivity contribution in [3.05, 3.63) is 177 Å². The van der Waals surface area contributed by atoms with Crippen molar-refractivity contribution in [3.8, 4) is 19.5 Å². The van der Waals surface area contributed by atoms with E-state index in [4.69, 9.17) is 0 Å². The first-order valence-electron chi connectivity index (χ1n) is 61.6. The molecule has 10 rings (SSSR count). The van der Waals surface area contributed by atoms with E-state index < -0.39 is 27.3 Å². The van der Waals surface area contributed by atoms with E-state index in [1.807, 2.05) is 45.3 Å². The zero-order valence-corrected chi connectivity index (χ0v) is 102. The van der Waals surface area contributed by atoms with Gasteiger partial charge in [0.05, 0.1) is 19.2 Å². The second-order valence-electron chi connectivity index (χ2n) is 47.4. The summed E-state index contributed by atoms with van der Waals surface area (Å²) in [5.74, 6) is 0. The van der Waals surface area contributed by atoms with Crippen LogP contribution in [0, 0.1) is 0 Å². The van der Waals surface area contributed by atoms with Crippen molar-refractivity contribution in [2.24, 2.45) is 0 Å². The largest absolute Gasteiger partial charge is 0.376 e. The average Bonchev–Trinajstić information content (AvgIpc) is 1.53. The third kappa shape index (κ3) is 36.2. The summed E-state index contributed by atoms with van der Waals surface area (Å²) in [7, 11) is -4.03. The first kappa shape index (κ1) is 122. The molecule has 0 aliphatic carbocycles. The van der Waals surface area contributed by atoms with Gasteiger partial charge in [-0.25, -0.2) is 0 Å². The minimum atomic E-state index is -2.01. The minimum Gasteiger partial charge on any atom is -0.376 e. The molecule has 144 heavy (non-hydrogen) atoms. The predicted molar refractivity (Wildman–Crippen MR) is 661 cm³/mol. The molecule has 804 valence electrons. The zero-order chi connectivity index (χ0) is 103. The summed E-state index contributed by atoms with van der Waals surface area (Å²) in [5, 5.41) is 31.5. The van der Waals surface area contributed by atoms with Crippen LogP contribution in [0.3, 0.4) is 0 Å². The van der Waals surface area contributed by atoms with E-state index in [2.05, 4.69) is 255 Å². The number of hydrogen-bond acceptors (Lipinski definition) is 8. The molecule has 0 aliphatic heterocycles. The van der Waals surface area contributed by atoms with Crippen LogP contribution in [0.2, 0.25) is 33.2 Å². The summed E-state index contributed by atoms with van der Waals surface area (Å²) < 4.78 is 10.9. The van der Waals surface area contributed by atoms with Crippen molar-refractivity contribution in [3.63, 3.8) is 0 Å². The molecule has 0 amide bonds. The van der Waals surface area contributed by atoms with E-state index in [9.17, 15) is 0 Å². The summed E-state index contributed by atoms with van der Waals surface area (Å²) in [6.07, 6.45) is 91.7. The maximum absolute atomic E-state index is 15.7. The van der Waals surface area contributed by atoms with Gasteiger partial charge in [0.1, 0.15) is 27.3 Å². The number of benzene rings is 4. The first-order chi connectivity index (χ1) is 70.1. The molecule has 10 aromatic rings. The van der Waals surface area contributed by atoms with Crippen LogP contribution in [0.15, 0.2) is 121 Å². The predicted octanol–water partition coefficient (Wildman–Crippen LogP) is 46.4. The van der Waals surface area contributed by atoms with Crippen LogP contribution in [-0.4, -0.2) is 26.4 Å². The third-order valence-corrected chi connectivity index (χ3v) is 57.8. The van der Waals surface area contributed by atoms with Gasteiger partial charge in [0.15, 0.2) is 0 Å². The normalized spacial score (nSPS) is 12.7. The zero-order valence-electron chi connectivity index (χ0n) is 95.4. The van der Waals surface area contributed by atoms with E-state index in [-0.39, 0.29) is 0 Å². The molecular weight excluding hydrogens is 1890 g/mol. The summed E-state index contributed by atoms with van der Waals surface area (Å²) in [6.45, 7) is 39.6. The average molecular weight is 2100 g/mol. The van der Waals surface area contributed by atoms with Crippen molar-refractivity contribution in [1.29, 1.82) is 0 Å². The number of aliphatic hydroxyl groups is 2. The molecule has 10 heteroatoms. The molecule has 6 aromatic heterocycles. The molecule has 0 saturated carbocycles. The van der Waals surface area contributed by atoms with Crippen LogP contribution < -0.4 is 9.00 Å². The molecule has 0 atom stereocenters. The fraction of sp³-hybridized carbons (Fsp3) is 0.687. The molecular formula is C134H212O2S6Si2. The number of fused-ring (bicyclic) bond motifs is 3. The highest BCUT2D eigenvalue weighted by molar-refractivity contribution is 7.40. The SMILES string of the molecule is CCCCCCCCCCCCCCCCCCc1ccc(C(O)(c2ccc(CCCCCCCCCCCCCCCCCC)cc2)c2c(-c3cc4sc([Si](C(C)C)(C(C)C)C(C)C)cc4s3)sc3c(C(O)(c4ccc(CCCCCCCCCCCCCCCCCC)cc4)c4ccc(CCCCCCCCCCCCCCCCCC)cc4)c(-c4cc5sc([Si](C(C)C)(C(C)C)C(C)C)cc5s4)sc23)cc1. The van der Waals surface area contributed by atoms with Gasteiger partial charge in [0.25, 0.3) is 0 Å². The Balaban J connectivity index is 1.06. The highest BCUT2D eigenvalue weighted by Gasteiger charge is 2.50. The number of aryl methyl sites for hydroxylation is 4. The molecule has 0 fully saturated rings. The van der Waals surface area contributed by atoms with Gasteiger partial charge in [-0.3, -0.25) is 0 Å². The van der Waals surface area contributed by atoms with Gasteiger partial charge in [-0.15, -0.1) is 68.0 Å². The third-order valence-electron chi connectivity index (χ3n) is 34.5. The monoisotopic (exact) mass is 2100 g/mol. The summed E-state index contributed by atoms with van der Waals surface area (Å²) >= 11 is 11.8. The maximum atomic E-state index is 15.7. The molecule has 0 aliphatic rings. The van der Waals surface area contributed by atoms with Gasteiger partial charge in [-0.2, -0.15) is 0 Å². The Kier molecular flexibility index (Phi) is 57.4. The van der Waals surface area contributed by atoms with Crippen LogP contribution >= 0.6 is 68.0 Å². The van der Waals surface area contributed by atoms with Gasteiger partial charge >= 0.3 is 0 Å². The molecule has 4 aromatic carbocycles. The molecule has 0 saturated heterocycles. The molecule has 0 spiro atoms. The first-order valence-corrected chi connectivity index (χ1v) is 71.0. The lowest BCUT2D eigenvalue weighted by molar-refractivity contribution is 0.127. The van der Waals surface area contributed by atoms with Crippen molar-refractivity contribution in [2.75, 3.05) is 0 Å². The molecule has 2 N–H and O–H groups in total. The Hall–Kier alpha value is -3.79. The van der Waals surface area contributed by atoms with Crippen LogP contribution in [0.25, 0.3) is 47.7 Å². The minimum absolute atomic E-state index is 0.596. The maximum Gasteiger partial charge on any atom is 0.143 e. The summed E-state index contributed by atoms with van der Waals surface area (Å²) in [5.41, 5.74) is 11.4. The van der Waals surface area contributed by atoms with Crippen molar-refractivity contribution in [2.45, 2.75) is 592 Å². The van der Waals surface area contributed by atoms with E-state index in [0.29, 0.717) is 33.2 Å². The van der Waals surface area contributed by atoms with Gasteiger partial charge in [0.2, 0.25) is 0 Å². The highest BCUT2D eigenvalue weighted by atomic mass is 32.1. The van der Waals surface area contributed by atoms with Crippen molar-refractivity contribution >= 4 is 121 Å². The summed E-state index contributed by atoms with van der Waals surface area (Å²) in [6, 6.07) is 48.2. The lowest BCUT2D eigenvalue weighted by atomic mass is 9.78. The Morgan fingerprint density at radius 3 is 0.521 bits per heavy atom. The van der Waals surface area contributed by atoms with Crippen LogP contribution in [0.1, 0.15) is 577 Å². The van der Waals surface area contributed by atoms with Gasteiger partial charge in [-0.1, -0.05) is 593 Å². The van der Waals surface area contributed by atoms with Gasteiger partial charge in [0, 0.05) is 39.7 Å². The highest BCUT2D eigenvalue weighted by Crippen LogP contribution is 2.61. The lowest BCUT2D eigenvalue weighted by Gasteiger charge is -2.42. The van der Waals surface area contributed by atoms with Crippen molar-refractivity contribution in [1.82, 2.24) is 0 Å². The fourth-order valence-electron chi connectivity index (χ4n) is 26.0. The Morgan fingerprint density at radius 1 is 0.201 bits per heavy atom. The second kappa shape index (κ2) is 67.7. The van der Waals surface area contributed by atoms with Crippen molar-refractivity contribution < 1.29 is 10.2 Å². The molecule has 0 unspecified atom stereocenters. The smallest absolute Gasteiger partial charge is 0.143 e. The fourth-order valence-corrected chi connectivity index (χ4v) is 52.4. The number of hydrogen-bond donors (Lipinski definition) is 2. The lowest BCUT2D eigenvalue weighted by Crippen LogP contribution is -2.54. The molecule has 2 nitrogen and oxygen atoms in total. The van der Waals surface area contributed by atoms with Crippen LogP contribution in [0.4, 0.5) is 0 Å².